The smallest absolute Gasteiger partial charge is 0.0917 e. The Morgan fingerprint density at radius 2 is 1.77 bits per heavy atom. The second-order valence-corrected chi connectivity index (χ2v) is 7.57. The molecule has 0 N–H and O–H groups in total. The molecule has 1 unspecified atom stereocenters. The van der Waals surface area contributed by atoms with Crippen LogP contribution in [0.2, 0.25) is 0 Å². The molecule has 26 heavy (non-hydrogen) atoms. The third-order valence-electron chi connectivity index (χ3n) is 5.01. The highest BCUT2D eigenvalue weighted by molar-refractivity contribution is 5.84. The summed E-state index contributed by atoms with van der Waals surface area (Å²) < 4.78 is 7.60. The number of fused-ring (bicyclic) bond motifs is 1. The first-order valence-electron chi connectivity index (χ1n) is 9.29. The summed E-state index contributed by atoms with van der Waals surface area (Å²) in [5, 5.41) is 0. The van der Waals surface area contributed by atoms with Gasteiger partial charge in [0.1, 0.15) is 0 Å². The Balaban J connectivity index is 2.14. The fourth-order valence-corrected chi connectivity index (χ4v) is 3.54. The molecule has 3 heterocycles. The Hall–Kier alpha value is -2.20. The average Bonchev–Trinajstić information content (AvgIpc) is 2.90. The summed E-state index contributed by atoms with van der Waals surface area (Å²) >= 11 is 0. The minimum absolute atomic E-state index is 0.275. The van der Waals surface area contributed by atoms with Gasteiger partial charge < -0.3 is 9.30 Å². The second-order valence-electron chi connectivity index (χ2n) is 7.57. The Bertz CT molecular complexity index is 940. The molecule has 0 amide bonds. The summed E-state index contributed by atoms with van der Waals surface area (Å²) in [6.07, 6.45) is 2.18. The van der Waals surface area contributed by atoms with E-state index in [4.69, 9.17) is 14.7 Å². The standard InChI is InChI=1S/C22H29N3O/c1-13(2)19-9-8-18(17(6)23-19)21-14(3)10-20-22(24-21)15(4)11-25(20)16(5)12-26-7/h8-11,13,16H,12H2,1-7H3. The van der Waals surface area contributed by atoms with Crippen LogP contribution in [-0.4, -0.2) is 28.3 Å². The molecule has 0 saturated heterocycles. The molecule has 0 aromatic carbocycles. The van der Waals surface area contributed by atoms with Crippen LogP contribution in [0.4, 0.5) is 0 Å². The van der Waals surface area contributed by atoms with Crippen LogP contribution >= 0.6 is 0 Å². The van der Waals surface area contributed by atoms with Gasteiger partial charge in [0.05, 0.1) is 29.4 Å². The first kappa shape index (κ1) is 18.6. The highest BCUT2D eigenvalue weighted by Crippen LogP contribution is 2.31. The van der Waals surface area contributed by atoms with Crippen LogP contribution in [0.15, 0.2) is 24.4 Å². The summed E-state index contributed by atoms with van der Waals surface area (Å²) in [6, 6.07) is 6.81. The van der Waals surface area contributed by atoms with Crippen LogP contribution < -0.4 is 0 Å². The summed E-state index contributed by atoms with van der Waals surface area (Å²) in [4.78, 5) is 9.83. The number of nitrogens with zero attached hydrogens (tertiary/aromatic N) is 3. The van der Waals surface area contributed by atoms with Gasteiger partial charge in [0, 0.05) is 30.3 Å². The van der Waals surface area contributed by atoms with Crippen molar-refractivity contribution < 1.29 is 4.74 Å². The quantitative estimate of drug-likeness (QED) is 0.622. The molecule has 0 bridgehead atoms. The highest BCUT2D eigenvalue weighted by Gasteiger charge is 2.17. The lowest BCUT2D eigenvalue weighted by molar-refractivity contribution is 0.164. The van der Waals surface area contributed by atoms with Gasteiger partial charge in [0.15, 0.2) is 0 Å². The molecule has 4 nitrogen and oxygen atoms in total. The van der Waals surface area contributed by atoms with E-state index in [1.807, 2.05) is 0 Å². The Morgan fingerprint density at radius 3 is 2.38 bits per heavy atom. The molecular weight excluding hydrogens is 322 g/mol. The number of aromatic nitrogens is 3. The van der Waals surface area contributed by atoms with Gasteiger partial charge in [-0.2, -0.15) is 0 Å². The van der Waals surface area contributed by atoms with Crippen molar-refractivity contribution in [3.05, 3.63) is 46.9 Å². The predicted molar refractivity (Wildman–Crippen MR) is 108 cm³/mol. The van der Waals surface area contributed by atoms with Crippen LogP contribution in [0, 0.1) is 20.8 Å². The molecule has 3 aromatic rings. The SMILES string of the molecule is COCC(C)n1cc(C)c2nc(-c3ccc(C(C)C)nc3C)c(C)cc21. The zero-order valence-corrected chi connectivity index (χ0v) is 16.9. The van der Waals surface area contributed by atoms with Gasteiger partial charge in [0.2, 0.25) is 0 Å². The van der Waals surface area contributed by atoms with Gasteiger partial charge in [-0.3, -0.25) is 4.98 Å². The maximum Gasteiger partial charge on any atom is 0.0917 e. The van der Waals surface area contributed by atoms with E-state index in [0.29, 0.717) is 12.5 Å². The molecule has 3 aromatic heterocycles. The molecule has 0 spiro atoms. The van der Waals surface area contributed by atoms with Crippen LogP contribution in [-0.2, 0) is 4.74 Å². The minimum atomic E-state index is 0.275. The lowest BCUT2D eigenvalue weighted by Crippen LogP contribution is -2.10. The monoisotopic (exact) mass is 351 g/mol. The average molecular weight is 351 g/mol. The highest BCUT2D eigenvalue weighted by atomic mass is 16.5. The number of ether oxygens (including phenoxy) is 1. The van der Waals surface area contributed by atoms with Crippen molar-refractivity contribution >= 4 is 11.0 Å². The van der Waals surface area contributed by atoms with Crippen molar-refractivity contribution in [1.29, 1.82) is 0 Å². The summed E-state index contributed by atoms with van der Waals surface area (Å²) in [5.74, 6) is 0.429. The maximum absolute atomic E-state index is 5.34. The van der Waals surface area contributed by atoms with Crippen LogP contribution in [0.3, 0.4) is 0 Å². The summed E-state index contributed by atoms with van der Waals surface area (Å²) in [7, 11) is 1.74. The summed E-state index contributed by atoms with van der Waals surface area (Å²) in [5.41, 5.74) is 8.89. The molecule has 3 rings (SSSR count). The van der Waals surface area contributed by atoms with E-state index in [-0.39, 0.29) is 6.04 Å². The van der Waals surface area contributed by atoms with Gasteiger partial charge in [0.25, 0.3) is 0 Å². The van der Waals surface area contributed by atoms with E-state index < -0.39 is 0 Å². The van der Waals surface area contributed by atoms with Gasteiger partial charge in [-0.15, -0.1) is 0 Å². The number of pyridine rings is 2. The third-order valence-corrected chi connectivity index (χ3v) is 5.01. The fourth-order valence-electron chi connectivity index (χ4n) is 3.54. The van der Waals surface area contributed by atoms with Crippen LogP contribution in [0.25, 0.3) is 22.3 Å². The van der Waals surface area contributed by atoms with Crippen molar-refractivity contribution in [3.63, 3.8) is 0 Å². The van der Waals surface area contributed by atoms with Crippen molar-refractivity contribution in [2.45, 2.75) is 53.5 Å². The number of rotatable bonds is 5. The van der Waals surface area contributed by atoms with E-state index in [9.17, 15) is 0 Å². The predicted octanol–water partition coefficient (Wildman–Crippen LogP) is 5.35. The second kappa shape index (κ2) is 7.20. The van der Waals surface area contributed by atoms with Gasteiger partial charge in [-0.1, -0.05) is 13.8 Å². The van der Waals surface area contributed by atoms with Gasteiger partial charge in [-0.05, 0) is 62.9 Å². The number of hydrogen-bond acceptors (Lipinski definition) is 3. The lowest BCUT2D eigenvalue weighted by atomic mass is 10.0. The molecule has 0 aliphatic carbocycles. The molecule has 0 aliphatic heterocycles. The van der Waals surface area contributed by atoms with Crippen LogP contribution in [0.1, 0.15) is 55.2 Å². The van der Waals surface area contributed by atoms with E-state index in [2.05, 4.69) is 70.5 Å². The topological polar surface area (TPSA) is 39.9 Å². The fraction of sp³-hybridized carbons (Fsp3) is 0.455. The first-order chi connectivity index (χ1) is 12.3. The van der Waals surface area contributed by atoms with Gasteiger partial charge >= 0.3 is 0 Å². The molecule has 4 heteroatoms. The largest absolute Gasteiger partial charge is 0.383 e. The van der Waals surface area contributed by atoms with E-state index in [1.165, 1.54) is 11.1 Å². The molecule has 1 atom stereocenters. The summed E-state index contributed by atoms with van der Waals surface area (Å²) in [6.45, 7) is 13.5. The van der Waals surface area contributed by atoms with Crippen molar-refractivity contribution in [2.75, 3.05) is 13.7 Å². The van der Waals surface area contributed by atoms with E-state index in [0.717, 1.165) is 33.7 Å². The number of aryl methyl sites for hydroxylation is 3. The Kier molecular flexibility index (Phi) is 5.15. The Morgan fingerprint density at radius 1 is 1.04 bits per heavy atom. The molecule has 0 fully saturated rings. The maximum atomic E-state index is 5.34. The van der Waals surface area contributed by atoms with Crippen molar-refractivity contribution in [3.8, 4) is 11.3 Å². The molecule has 0 saturated carbocycles. The van der Waals surface area contributed by atoms with Crippen molar-refractivity contribution in [1.82, 2.24) is 14.5 Å². The van der Waals surface area contributed by atoms with E-state index >= 15 is 0 Å². The molecule has 0 radical (unpaired) electrons. The number of methoxy groups -OCH3 is 1. The Labute approximate surface area is 156 Å². The zero-order valence-electron chi connectivity index (χ0n) is 16.9. The normalized spacial score (nSPS) is 12.9. The third kappa shape index (κ3) is 3.26. The van der Waals surface area contributed by atoms with E-state index in [1.54, 1.807) is 7.11 Å². The molecule has 138 valence electrons. The van der Waals surface area contributed by atoms with Gasteiger partial charge in [-0.25, -0.2) is 4.98 Å². The first-order valence-corrected chi connectivity index (χ1v) is 9.29. The molecule has 0 aliphatic rings. The molecular formula is C22H29N3O. The minimum Gasteiger partial charge on any atom is -0.383 e. The van der Waals surface area contributed by atoms with Crippen molar-refractivity contribution in [2.24, 2.45) is 0 Å². The number of hydrogen-bond donors (Lipinski definition) is 0. The lowest BCUT2D eigenvalue weighted by Gasteiger charge is -2.15. The zero-order chi connectivity index (χ0) is 19.0. The van der Waals surface area contributed by atoms with Crippen LogP contribution in [0.5, 0.6) is 0 Å².